The molecule has 0 aromatic carbocycles. The van der Waals surface area contributed by atoms with Crippen molar-refractivity contribution in [3.05, 3.63) is 16.4 Å². The molecule has 0 fully saturated rings. The van der Waals surface area contributed by atoms with Crippen LogP contribution in [-0.4, -0.2) is 21.7 Å². The lowest BCUT2D eigenvalue weighted by molar-refractivity contribution is 0.258. The molecular weight excluding hydrogens is 293 g/mol. The zero-order valence-electron chi connectivity index (χ0n) is 13.3. The van der Waals surface area contributed by atoms with Crippen LogP contribution in [0, 0.1) is 5.41 Å². The van der Waals surface area contributed by atoms with E-state index in [1.807, 2.05) is 4.68 Å². The summed E-state index contributed by atoms with van der Waals surface area (Å²) >= 11 is 12.4. The number of rotatable bonds is 7. The Balaban J connectivity index is 2.85. The lowest BCUT2D eigenvalue weighted by Gasteiger charge is -2.31. The first-order valence-electron chi connectivity index (χ1n) is 7.38. The van der Waals surface area contributed by atoms with E-state index in [9.17, 15) is 0 Å². The summed E-state index contributed by atoms with van der Waals surface area (Å²) in [5.74, 6) is 0.663. The minimum Gasteiger partial charge on any atom is -0.308 e. The Kier molecular flexibility index (Phi) is 6.83. The molecule has 0 saturated carbocycles. The average molecular weight is 320 g/mol. The number of hydrogen-bond donors (Lipinski definition) is 1. The van der Waals surface area contributed by atoms with Crippen molar-refractivity contribution in [1.82, 2.24) is 15.1 Å². The maximum absolute atomic E-state index is 6.43. The van der Waals surface area contributed by atoms with E-state index in [2.05, 4.69) is 45.0 Å². The third kappa shape index (κ3) is 4.37. The molecule has 3 nitrogen and oxygen atoms in total. The molecule has 116 valence electrons. The van der Waals surface area contributed by atoms with Gasteiger partial charge in [0.15, 0.2) is 0 Å². The highest BCUT2D eigenvalue weighted by Gasteiger charge is 2.24. The smallest absolute Gasteiger partial charge is 0.0863 e. The Morgan fingerprint density at radius 3 is 2.40 bits per heavy atom. The number of hydrogen-bond acceptors (Lipinski definition) is 2. The van der Waals surface area contributed by atoms with Crippen molar-refractivity contribution < 1.29 is 0 Å². The largest absolute Gasteiger partial charge is 0.308 e. The highest BCUT2D eigenvalue weighted by molar-refractivity contribution is 6.31. The van der Waals surface area contributed by atoms with Gasteiger partial charge in [0.1, 0.15) is 0 Å². The summed E-state index contributed by atoms with van der Waals surface area (Å²) in [6, 6.07) is 0.362. The van der Waals surface area contributed by atoms with E-state index in [-0.39, 0.29) is 5.41 Å². The normalized spacial score (nSPS) is 13.8. The molecule has 1 N–H and O–H groups in total. The molecule has 1 aromatic rings. The van der Waals surface area contributed by atoms with Crippen molar-refractivity contribution in [2.45, 2.75) is 66.6 Å². The Bertz CT molecular complexity index is 421. The van der Waals surface area contributed by atoms with Gasteiger partial charge in [0, 0.05) is 25.0 Å². The second kappa shape index (κ2) is 7.67. The Morgan fingerprint density at radius 2 is 1.95 bits per heavy atom. The first kappa shape index (κ1) is 17.8. The number of halogens is 2. The fraction of sp³-hybridized carbons (Fsp3) is 0.800. The summed E-state index contributed by atoms with van der Waals surface area (Å²) in [6.07, 6.45) is 1.81. The standard InChI is InChI=1S/C15H27Cl2N3/c1-6-11-14(17)12(20(7-2)19-11)10-18-13(8-9-16)15(3,4)5/h13,18H,6-10H2,1-5H3. The number of nitrogens with one attached hydrogen (secondary N) is 1. The maximum Gasteiger partial charge on any atom is 0.0863 e. The first-order chi connectivity index (χ1) is 9.35. The van der Waals surface area contributed by atoms with Crippen LogP contribution in [0.3, 0.4) is 0 Å². The molecule has 0 amide bonds. The molecule has 0 bridgehead atoms. The zero-order valence-corrected chi connectivity index (χ0v) is 14.8. The number of aryl methyl sites for hydroxylation is 2. The molecule has 20 heavy (non-hydrogen) atoms. The molecule has 0 saturated heterocycles. The monoisotopic (exact) mass is 319 g/mol. The van der Waals surface area contributed by atoms with E-state index in [0.717, 1.165) is 42.3 Å². The SMILES string of the molecule is CCc1nn(CC)c(CNC(CCCl)C(C)(C)C)c1Cl. The summed E-state index contributed by atoms with van der Waals surface area (Å²) in [6.45, 7) is 12.4. The fourth-order valence-electron chi connectivity index (χ4n) is 2.36. The van der Waals surface area contributed by atoms with Gasteiger partial charge in [-0.05, 0) is 25.2 Å². The van der Waals surface area contributed by atoms with Crippen LogP contribution in [0.1, 0.15) is 52.4 Å². The maximum atomic E-state index is 6.43. The minimum absolute atomic E-state index is 0.173. The van der Waals surface area contributed by atoms with Crippen molar-refractivity contribution in [2.24, 2.45) is 5.41 Å². The van der Waals surface area contributed by atoms with E-state index in [4.69, 9.17) is 23.2 Å². The highest BCUT2D eigenvalue weighted by Crippen LogP contribution is 2.25. The molecule has 0 radical (unpaired) electrons. The minimum atomic E-state index is 0.173. The van der Waals surface area contributed by atoms with E-state index in [1.54, 1.807) is 0 Å². The van der Waals surface area contributed by atoms with Gasteiger partial charge in [0.2, 0.25) is 0 Å². The number of alkyl halides is 1. The molecule has 5 heteroatoms. The van der Waals surface area contributed by atoms with E-state index in [1.165, 1.54) is 0 Å². The Hall–Kier alpha value is -0.250. The topological polar surface area (TPSA) is 29.9 Å². The lowest BCUT2D eigenvalue weighted by Crippen LogP contribution is -2.40. The molecule has 1 unspecified atom stereocenters. The van der Waals surface area contributed by atoms with Crippen LogP contribution in [-0.2, 0) is 19.5 Å². The lowest BCUT2D eigenvalue weighted by atomic mass is 9.85. The van der Waals surface area contributed by atoms with Gasteiger partial charge in [0.05, 0.1) is 16.4 Å². The van der Waals surface area contributed by atoms with Gasteiger partial charge in [0.25, 0.3) is 0 Å². The molecule has 1 atom stereocenters. The van der Waals surface area contributed by atoms with E-state index < -0.39 is 0 Å². The van der Waals surface area contributed by atoms with Gasteiger partial charge < -0.3 is 5.32 Å². The predicted octanol–water partition coefficient (Wildman–Crippen LogP) is 4.25. The Labute approximate surface area is 133 Å². The highest BCUT2D eigenvalue weighted by atomic mass is 35.5. The Morgan fingerprint density at radius 1 is 1.30 bits per heavy atom. The van der Waals surface area contributed by atoms with Gasteiger partial charge in [-0.2, -0.15) is 5.10 Å². The van der Waals surface area contributed by atoms with Crippen molar-refractivity contribution in [3.63, 3.8) is 0 Å². The third-order valence-electron chi connectivity index (χ3n) is 3.65. The molecule has 0 aliphatic heterocycles. The molecule has 0 aliphatic carbocycles. The summed E-state index contributed by atoms with van der Waals surface area (Å²) in [7, 11) is 0. The predicted molar refractivity (Wildman–Crippen MR) is 87.7 cm³/mol. The molecule has 1 heterocycles. The average Bonchev–Trinajstić information content (AvgIpc) is 2.69. The van der Waals surface area contributed by atoms with Crippen LogP contribution < -0.4 is 5.32 Å². The summed E-state index contributed by atoms with van der Waals surface area (Å²) in [5, 5.41) is 8.96. The van der Waals surface area contributed by atoms with Crippen LogP contribution in [0.2, 0.25) is 5.02 Å². The summed E-state index contributed by atoms with van der Waals surface area (Å²) < 4.78 is 1.99. The van der Waals surface area contributed by atoms with E-state index in [0.29, 0.717) is 11.9 Å². The van der Waals surface area contributed by atoms with Gasteiger partial charge in [-0.1, -0.05) is 39.3 Å². The van der Waals surface area contributed by atoms with Gasteiger partial charge in [-0.25, -0.2) is 0 Å². The van der Waals surface area contributed by atoms with Crippen molar-refractivity contribution in [2.75, 3.05) is 5.88 Å². The first-order valence-corrected chi connectivity index (χ1v) is 8.29. The molecule has 1 rings (SSSR count). The van der Waals surface area contributed by atoms with Crippen molar-refractivity contribution >= 4 is 23.2 Å². The fourth-order valence-corrected chi connectivity index (χ4v) is 2.91. The molecule has 1 aromatic heterocycles. The van der Waals surface area contributed by atoms with Crippen LogP contribution in [0.4, 0.5) is 0 Å². The van der Waals surface area contributed by atoms with Gasteiger partial charge >= 0.3 is 0 Å². The third-order valence-corrected chi connectivity index (χ3v) is 4.31. The molecule has 0 aliphatic rings. The summed E-state index contributed by atoms with van der Waals surface area (Å²) in [4.78, 5) is 0. The van der Waals surface area contributed by atoms with Crippen LogP contribution in [0.15, 0.2) is 0 Å². The van der Waals surface area contributed by atoms with Gasteiger partial charge in [-0.15, -0.1) is 11.6 Å². The van der Waals surface area contributed by atoms with Gasteiger partial charge in [-0.3, -0.25) is 4.68 Å². The van der Waals surface area contributed by atoms with E-state index >= 15 is 0 Å². The number of aromatic nitrogens is 2. The zero-order chi connectivity index (χ0) is 15.3. The second-order valence-corrected chi connectivity index (χ2v) is 6.91. The van der Waals surface area contributed by atoms with Crippen molar-refractivity contribution in [3.8, 4) is 0 Å². The van der Waals surface area contributed by atoms with Crippen LogP contribution in [0.5, 0.6) is 0 Å². The van der Waals surface area contributed by atoms with Crippen molar-refractivity contribution in [1.29, 1.82) is 0 Å². The molecular formula is C15H27Cl2N3. The van der Waals surface area contributed by atoms with Crippen LogP contribution >= 0.6 is 23.2 Å². The van der Waals surface area contributed by atoms with Crippen LogP contribution in [0.25, 0.3) is 0 Å². The quantitative estimate of drug-likeness (QED) is 0.761. The summed E-state index contributed by atoms with van der Waals surface area (Å²) in [5.41, 5.74) is 2.23. The second-order valence-electron chi connectivity index (χ2n) is 6.15. The number of nitrogens with zero attached hydrogens (tertiary/aromatic N) is 2. The molecule has 0 spiro atoms.